The van der Waals surface area contributed by atoms with Gasteiger partial charge >= 0.3 is 6.18 Å². The highest BCUT2D eigenvalue weighted by Gasteiger charge is 2.30. The zero-order chi connectivity index (χ0) is 19.1. The third-order valence-corrected chi connectivity index (χ3v) is 5.24. The van der Waals surface area contributed by atoms with Gasteiger partial charge in [0.25, 0.3) is 0 Å². The van der Waals surface area contributed by atoms with Gasteiger partial charge in [0.2, 0.25) is 0 Å². The molecule has 7 heteroatoms. The van der Waals surface area contributed by atoms with Crippen LogP contribution >= 0.6 is 0 Å². The summed E-state index contributed by atoms with van der Waals surface area (Å²) in [6.45, 7) is 1.87. The summed E-state index contributed by atoms with van der Waals surface area (Å²) in [6, 6.07) is 15.0. The normalized spacial score (nSPS) is 12.3. The Kier molecular flexibility index (Phi) is 4.44. The molecule has 0 aliphatic carbocycles. The van der Waals surface area contributed by atoms with Crippen molar-refractivity contribution in [1.82, 2.24) is 4.57 Å². The van der Waals surface area contributed by atoms with Crippen LogP contribution in [0.2, 0.25) is 0 Å². The molecular weight excluding hydrogens is 363 g/mol. The van der Waals surface area contributed by atoms with Crippen LogP contribution in [0.5, 0.6) is 0 Å². The minimum Gasteiger partial charge on any atom is -0.314 e. The van der Waals surface area contributed by atoms with Gasteiger partial charge in [-0.3, -0.25) is 0 Å². The zero-order valence-electron chi connectivity index (χ0n) is 14.1. The molecule has 136 valence electrons. The third kappa shape index (κ3) is 3.53. The predicted molar refractivity (Wildman–Crippen MR) is 94.1 cm³/mol. The lowest BCUT2D eigenvalue weighted by molar-refractivity contribution is -0.137. The van der Waals surface area contributed by atoms with E-state index in [-0.39, 0.29) is 4.90 Å². The molecule has 0 bridgehead atoms. The zero-order valence-corrected chi connectivity index (χ0v) is 14.9. The summed E-state index contributed by atoms with van der Waals surface area (Å²) in [7, 11) is -3.30. The highest BCUT2D eigenvalue weighted by Crippen LogP contribution is 2.32. The van der Waals surface area contributed by atoms with E-state index in [0.29, 0.717) is 5.56 Å². The molecule has 1 aromatic heterocycles. The molecule has 0 fully saturated rings. The van der Waals surface area contributed by atoms with Crippen LogP contribution < -0.4 is 0 Å². The van der Waals surface area contributed by atoms with E-state index in [0.717, 1.165) is 35.5 Å². The summed E-state index contributed by atoms with van der Waals surface area (Å²) in [5, 5.41) is 0. The van der Waals surface area contributed by atoms with Crippen LogP contribution in [0.15, 0.2) is 65.6 Å². The molecule has 0 unspecified atom stereocenters. The maximum absolute atomic E-state index is 12.8. The molecule has 0 saturated carbocycles. The molecule has 0 amide bonds. The van der Waals surface area contributed by atoms with Gasteiger partial charge in [-0.15, -0.1) is 0 Å². The van der Waals surface area contributed by atoms with Crippen LogP contribution in [0.25, 0.3) is 16.9 Å². The number of hydrogen-bond acceptors (Lipinski definition) is 2. The lowest BCUT2D eigenvalue weighted by Gasteiger charge is -2.13. The fourth-order valence-electron chi connectivity index (χ4n) is 2.78. The van der Waals surface area contributed by atoms with Crippen molar-refractivity contribution >= 4 is 9.84 Å². The van der Waals surface area contributed by atoms with Gasteiger partial charge in [-0.2, -0.15) is 13.2 Å². The summed E-state index contributed by atoms with van der Waals surface area (Å²) >= 11 is 0. The summed E-state index contributed by atoms with van der Waals surface area (Å²) < 4.78 is 63.3. The lowest BCUT2D eigenvalue weighted by atomic mass is 10.1. The van der Waals surface area contributed by atoms with E-state index in [1.54, 1.807) is 12.1 Å². The maximum atomic E-state index is 12.8. The Bertz CT molecular complexity index is 1030. The number of benzene rings is 2. The monoisotopic (exact) mass is 379 g/mol. The third-order valence-electron chi connectivity index (χ3n) is 4.11. The van der Waals surface area contributed by atoms with Gasteiger partial charge in [0.1, 0.15) is 0 Å². The van der Waals surface area contributed by atoms with E-state index >= 15 is 0 Å². The van der Waals surface area contributed by atoms with Crippen molar-refractivity contribution in [1.29, 1.82) is 0 Å². The molecule has 3 nitrogen and oxygen atoms in total. The number of hydrogen-bond donors (Lipinski definition) is 0. The largest absolute Gasteiger partial charge is 0.416 e. The van der Waals surface area contributed by atoms with E-state index in [9.17, 15) is 21.6 Å². The minimum absolute atomic E-state index is 0.210. The Morgan fingerprint density at radius 3 is 1.92 bits per heavy atom. The highest BCUT2D eigenvalue weighted by atomic mass is 32.2. The molecule has 26 heavy (non-hydrogen) atoms. The fourth-order valence-corrected chi connectivity index (χ4v) is 3.41. The average Bonchev–Trinajstić information content (AvgIpc) is 2.95. The van der Waals surface area contributed by atoms with Crippen molar-refractivity contribution in [3.8, 4) is 16.9 Å². The quantitative estimate of drug-likeness (QED) is 0.651. The Balaban J connectivity index is 2.05. The first kappa shape index (κ1) is 18.3. The molecule has 0 atom stereocenters. The first-order valence-corrected chi connectivity index (χ1v) is 9.63. The molecule has 3 rings (SSSR count). The standard InChI is InChI=1S/C19H16F3NO2S/c1-13-3-12-18(14-4-6-15(7-5-14)19(20,21)22)23(13)16-8-10-17(11-9-16)26(2,24)25/h3-12H,1-2H3. The molecule has 3 aromatic rings. The first-order valence-electron chi connectivity index (χ1n) is 7.74. The summed E-state index contributed by atoms with van der Waals surface area (Å²) in [5.74, 6) is 0. The molecule has 0 saturated heterocycles. The number of aryl methyl sites for hydroxylation is 1. The molecule has 2 aromatic carbocycles. The van der Waals surface area contributed by atoms with Gasteiger partial charge in [-0.25, -0.2) is 8.42 Å². The second-order valence-corrected chi connectivity index (χ2v) is 8.05. The number of nitrogens with zero attached hydrogens (tertiary/aromatic N) is 1. The predicted octanol–water partition coefficient (Wildman–Crippen LogP) is 4.88. The highest BCUT2D eigenvalue weighted by molar-refractivity contribution is 7.90. The van der Waals surface area contributed by atoms with Crippen LogP contribution in [0.1, 0.15) is 11.3 Å². The fraction of sp³-hybridized carbons (Fsp3) is 0.158. The van der Waals surface area contributed by atoms with Crippen LogP contribution in [0, 0.1) is 6.92 Å². The Morgan fingerprint density at radius 2 is 1.42 bits per heavy atom. The maximum Gasteiger partial charge on any atom is 0.416 e. The van der Waals surface area contributed by atoms with E-state index in [2.05, 4.69) is 0 Å². The van der Waals surface area contributed by atoms with Gasteiger partial charge in [0.05, 0.1) is 16.2 Å². The molecule has 0 aliphatic heterocycles. The van der Waals surface area contributed by atoms with Crippen molar-refractivity contribution in [3.63, 3.8) is 0 Å². The number of rotatable bonds is 3. The molecule has 1 heterocycles. The van der Waals surface area contributed by atoms with E-state index in [1.807, 2.05) is 23.6 Å². The number of aromatic nitrogens is 1. The van der Waals surface area contributed by atoms with Crippen molar-refractivity contribution in [2.75, 3.05) is 6.26 Å². The lowest BCUT2D eigenvalue weighted by Crippen LogP contribution is -2.04. The number of sulfone groups is 1. The molecular formula is C19H16F3NO2S. The average molecular weight is 379 g/mol. The molecule has 0 aliphatic rings. The van der Waals surface area contributed by atoms with Gasteiger partial charge in [-0.1, -0.05) is 12.1 Å². The van der Waals surface area contributed by atoms with Crippen LogP contribution in [-0.2, 0) is 16.0 Å². The molecule has 0 spiro atoms. The minimum atomic E-state index is -4.38. The topological polar surface area (TPSA) is 39.1 Å². The van der Waals surface area contributed by atoms with Crippen molar-refractivity contribution in [2.45, 2.75) is 18.0 Å². The molecule has 0 N–H and O–H groups in total. The number of alkyl halides is 3. The Labute approximate surface area is 149 Å². The van der Waals surface area contributed by atoms with Crippen LogP contribution in [0.4, 0.5) is 13.2 Å². The summed E-state index contributed by atoms with van der Waals surface area (Å²) in [4.78, 5) is 0.210. The van der Waals surface area contributed by atoms with E-state index in [1.165, 1.54) is 24.3 Å². The van der Waals surface area contributed by atoms with Gasteiger partial charge in [-0.05, 0) is 61.0 Å². The van der Waals surface area contributed by atoms with Crippen LogP contribution in [0.3, 0.4) is 0 Å². The van der Waals surface area contributed by atoms with Crippen molar-refractivity contribution < 1.29 is 21.6 Å². The summed E-state index contributed by atoms with van der Waals surface area (Å²) in [6.07, 6.45) is -3.24. The van der Waals surface area contributed by atoms with Crippen molar-refractivity contribution in [2.24, 2.45) is 0 Å². The smallest absolute Gasteiger partial charge is 0.314 e. The second-order valence-electron chi connectivity index (χ2n) is 6.04. The summed E-state index contributed by atoms with van der Waals surface area (Å²) in [5.41, 5.74) is 2.28. The first-order chi connectivity index (χ1) is 12.1. The second kappa shape index (κ2) is 6.32. The van der Waals surface area contributed by atoms with Crippen LogP contribution in [-0.4, -0.2) is 19.2 Å². The van der Waals surface area contributed by atoms with Gasteiger partial charge in [0.15, 0.2) is 9.84 Å². The van der Waals surface area contributed by atoms with Crippen molar-refractivity contribution in [3.05, 3.63) is 71.9 Å². The number of halogens is 3. The Hall–Kier alpha value is -2.54. The Morgan fingerprint density at radius 1 is 0.846 bits per heavy atom. The van der Waals surface area contributed by atoms with E-state index in [4.69, 9.17) is 0 Å². The van der Waals surface area contributed by atoms with E-state index < -0.39 is 21.6 Å². The SMILES string of the molecule is Cc1ccc(-c2ccc(C(F)(F)F)cc2)n1-c1ccc(S(C)(=O)=O)cc1. The molecule has 0 radical (unpaired) electrons. The van der Waals surface area contributed by atoms with Gasteiger partial charge < -0.3 is 4.57 Å². The van der Waals surface area contributed by atoms with Gasteiger partial charge in [0, 0.05) is 17.6 Å².